The second kappa shape index (κ2) is 6.02. The SMILES string of the molecule is CC(C)N(CC(=O)O)S(=O)(=O)c1cccc(C(N)=O)c1. The molecule has 0 heterocycles. The number of amides is 1. The topological polar surface area (TPSA) is 118 Å². The zero-order valence-corrected chi connectivity index (χ0v) is 11.9. The number of carboxylic acids is 1. The zero-order chi connectivity index (χ0) is 15.5. The predicted molar refractivity (Wildman–Crippen MR) is 71.6 cm³/mol. The van der Waals surface area contributed by atoms with Crippen molar-refractivity contribution in [2.45, 2.75) is 24.8 Å². The molecule has 0 aliphatic carbocycles. The van der Waals surface area contributed by atoms with Crippen LogP contribution < -0.4 is 5.73 Å². The summed E-state index contributed by atoms with van der Waals surface area (Å²) in [5.41, 5.74) is 5.15. The Hall–Kier alpha value is -1.93. The lowest BCUT2D eigenvalue weighted by molar-refractivity contribution is -0.137. The quantitative estimate of drug-likeness (QED) is 0.781. The van der Waals surface area contributed by atoms with Crippen molar-refractivity contribution in [1.29, 1.82) is 0 Å². The largest absolute Gasteiger partial charge is 0.480 e. The molecule has 8 heteroatoms. The maximum atomic E-state index is 12.4. The van der Waals surface area contributed by atoms with E-state index in [0.29, 0.717) is 0 Å². The Labute approximate surface area is 117 Å². The molecular weight excluding hydrogens is 284 g/mol. The minimum Gasteiger partial charge on any atom is -0.480 e. The number of hydrogen-bond acceptors (Lipinski definition) is 4. The third-order valence-electron chi connectivity index (χ3n) is 2.59. The Balaban J connectivity index is 3.29. The summed E-state index contributed by atoms with van der Waals surface area (Å²) in [6.45, 7) is 2.48. The van der Waals surface area contributed by atoms with E-state index in [2.05, 4.69) is 0 Å². The summed E-state index contributed by atoms with van der Waals surface area (Å²) < 4.78 is 25.6. The molecule has 0 aliphatic heterocycles. The first-order chi connectivity index (χ1) is 9.16. The van der Waals surface area contributed by atoms with E-state index >= 15 is 0 Å². The smallest absolute Gasteiger partial charge is 0.318 e. The van der Waals surface area contributed by atoms with Gasteiger partial charge in [0, 0.05) is 11.6 Å². The number of carbonyl (C=O) groups is 2. The predicted octanol–water partition coefficient (Wildman–Crippen LogP) is 0.269. The van der Waals surface area contributed by atoms with E-state index in [1.165, 1.54) is 18.2 Å². The lowest BCUT2D eigenvalue weighted by Gasteiger charge is -2.24. The Kier molecular flexibility index (Phi) is 4.85. The molecule has 0 saturated carbocycles. The van der Waals surface area contributed by atoms with Crippen LogP contribution in [0.2, 0.25) is 0 Å². The maximum Gasteiger partial charge on any atom is 0.318 e. The van der Waals surface area contributed by atoms with Crippen LogP contribution in [0, 0.1) is 0 Å². The highest BCUT2D eigenvalue weighted by molar-refractivity contribution is 7.89. The molecule has 3 N–H and O–H groups in total. The number of hydrogen-bond donors (Lipinski definition) is 2. The Morgan fingerprint density at radius 2 is 1.95 bits per heavy atom. The second-order valence-electron chi connectivity index (χ2n) is 4.43. The van der Waals surface area contributed by atoms with Gasteiger partial charge < -0.3 is 10.8 Å². The number of primary amides is 1. The van der Waals surface area contributed by atoms with Crippen molar-refractivity contribution >= 4 is 21.9 Å². The molecule has 7 nitrogen and oxygen atoms in total. The van der Waals surface area contributed by atoms with Crippen molar-refractivity contribution in [2.24, 2.45) is 5.73 Å². The van der Waals surface area contributed by atoms with Crippen LogP contribution in [0.25, 0.3) is 0 Å². The van der Waals surface area contributed by atoms with E-state index in [1.807, 2.05) is 0 Å². The van der Waals surface area contributed by atoms with Crippen molar-refractivity contribution in [2.75, 3.05) is 6.54 Å². The molecule has 1 amide bonds. The summed E-state index contributed by atoms with van der Waals surface area (Å²) in [6.07, 6.45) is 0. The average Bonchev–Trinajstić information content (AvgIpc) is 2.35. The van der Waals surface area contributed by atoms with Crippen molar-refractivity contribution in [1.82, 2.24) is 4.31 Å². The van der Waals surface area contributed by atoms with Gasteiger partial charge in [0.15, 0.2) is 0 Å². The molecule has 1 aromatic carbocycles. The molecule has 20 heavy (non-hydrogen) atoms. The molecule has 0 spiro atoms. The van der Waals surface area contributed by atoms with Crippen LogP contribution in [-0.4, -0.2) is 42.3 Å². The van der Waals surface area contributed by atoms with E-state index in [4.69, 9.17) is 10.8 Å². The van der Waals surface area contributed by atoms with Gasteiger partial charge in [-0.25, -0.2) is 8.42 Å². The van der Waals surface area contributed by atoms with Crippen LogP contribution >= 0.6 is 0 Å². The molecule has 0 fully saturated rings. The zero-order valence-electron chi connectivity index (χ0n) is 11.1. The Bertz CT molecular complexity index is 624. The molecule has 110 valence electrons. The van der Waals surface area contributed by atoms with Crippen molar-refractivity contribution in [3.05, 3.63) is 29.8 Å². The number of carbonyl (C=O) groups excluding carboxylic acids is 1. The number of benzene rings is 1. The first kappa shape index (κ1) is 16.1. The van der Waals surface area contributed by atoms with E-state index in [9.17, 15) is 18.0 Å². The van der Waals surface area contributed by atoms with Crippen molar-refractivity contribution < 1.29 is 23.1 Å². The van der Waals surface area contributed by atoms with Gasteiger partial charge in [-0.05, 0) is 32.0 Å². The fourth-order valence-electron chi connectivity index (χ4n) is 1.62. The Morgan fingerprint density at radius 1 is 1.35 bits per heavy atom. The van der Waals surface area contributed by atoms with Gasteiger partial charge in [-0.1, -0.05) is 6.07 Å². The third-order valence-corrected chi connectivity index (χ3v) is 4.61. The minimum atomic E-state index is -4.01. The van der Waals surface area contributed by atoms with Gasteiger partial charge in [0.1, 0.15) is 6.54 Å². The molecule has 0 bridgehead atoms. The highest BCUT2D eigenvalue weighted by Crippen LogP contribution is 2.19. The van der Waals surface area contributed by atoms with Gasteiger partial charge in [0.2, 0.25) is 15.9 Å². The summed E-state index contributed by atoms with van der Waals surface area (Å²) >= 11 is 0. The van der Waals surface area contributed by atoms with Gasteiger partial charge in [0.25, 0.3) is 0 Å². The number of sulfonamides is 1. The lowest BCUT2D eigenvalue weighted by Crippen LogP contribution is -2.40. The number of nitrogens with zero attached hydrogens (tertiary/aromatic N) is 1. The fraction of sp³-hybridized carbons (Fsp3) is 0.333. The van der Waals surface area contributed by atoms with Gasteiger partial charge in [-0.15, -0.1) is 0 Å². The van der Waals surface area contributed by atoms with Crippen LogP contribution in [0.5, 0.6) is 0 Å². The monoisotopic (exact) mass is 300 g/mol. The summed E-state index contributed by atoms with van der Waals surface area (Å²) in [5.74, 6) is -2.01. The molecule has 0 unspecified atom stereocenters. The van der Waals surface area contributed by atoms with Crippen molar-refractivity contribution in [3.8, 4) is 0 Å². The fourth-order valence-corrected chi connectivity index (χ4v) is 3.26. The van der Waals surface area contributed by atoms with Gasteiger partial charge in [-0.2, -0.15) is 4.31 Å². The second-order valence-corrected chi connectivity index (χ2v) is 6.32. The number of nitrogens with two attached hydrogens (primary N) is 1. The first-order valence-corrected chi connectivity index (χ1v) is 7.23. The van der Waals surface area contributed by atoms with Gasteiger partial charge >= 0.3 is 5.97 Å². The number of aliphatic carboxylic acids is 1. The van der Waals surface area contributed by atoms with E-state index in [-0.39, 0.29) is 10.5 Å². The molecule has 1 rings (SSSR count). The molecule has 0 aromatic heterocycles. The average molecular weight is 300 g/mol. The van der Waals surface area contributed by atoms with Crippen LogP contribution in [0.1, 0.15) is 24.2 Å². The summed E-state index contributed by atoms with van der Waals surface area (Å²) in [5, 5.41) is 8.81. The van der Waals surface area contributed by atoms with E-state index in [0.717, 1.165) is 10.4 Å². The van der Waals surface area contributed by atoms with Gasteiger partial charge in [0.05, 0.1) is 4.90 Å². The molecule has 1 aromatic rings. The van der Waals surface area contributed by atoms with Crippen LogP contribution in [-0.2, 0) is 14.8 Å². The van der Waals surface area contributed by atoms with Crippen LogP contribution in [0.4, 0.5) is 0 Å². The summed E-state index contributed by atoms with van der Waals surface area (Å²) in [7, 11) is -4.01. The van der Waals surface area contributed by atoms with Gasteiger partial charge in [-0.3, -0.25) is 9.59 Å². The minimum absolute atomic E-state index is 0.0464. The molecule has 0 radical (unpaired) electrons. The first-order valence-electron chi connectivity index (χ1n) is 5.79. The number of carboxylic acid groups (broad SMARTS) is 1. The highest BCUT2D eigenvalue weighted by atomic mass is 32.2. The lowest BCUT2D eigenvalue weighted by atomic mass is 10.2. The standard InChI is InChI=1S/C12H16N2O5S/c1-8(2)14(7-11(15)16)20(18,19)10-5-3-4-9(6-10)12(13)17/h3-6,8H,7H2,1-2H3,(H2,13,17)(H,15,16). The Morgan fingerprint density at radius 3 is 2.40 bits per heavy atom. The van der Waals surface area contributed by atoms with Crippen molar-refractivity contribution in [3.63, 3.8) is 0 Å². The van der Waals surface area contributed by atoms with Crippen LogP contribution in [0.3, 0.4) is 0 Å². The summed E-state index contributed by atoms with van der Waals surface area (Å²) in [4.78, 5) is 21.7. The molecule has 0 saturated heterocycles. The molecule has 0 aliphatic rings. The van der Waals surface area contributed by atoms with E-state index in [1.54, 1.807) is 13.8 Å². The normalized spacial score (nSPS) is 11.8. The molecular formula is C12H16N2O5S. The highest BCUT2D eigenvalue weighted by Gasteiger charge is 2.29. The third kappa shape index (κ3) is 3.55. The summed E-state index contributed by atoms with van der Waals surface area (Å²) in [6, 6.07) is 4.66. The maximum absolute atomic E-state index is 12.4. The molecule has 0 atom stereocenters. The van der Waals surface area contributed by atoms with Crippen LogP contribution in [0.15, 0.2) is 29.2 Å². The number of rotatable bonds is 6. The van der Waals surface area contributed by atoms with E-state index < -0.39 is 34.5 Å².